The molecule has 1 N–H and O–H groups in total. The molecule has 1 aromatic rings. The van der Waals surface area contributed by atoms with Crippen LogP contribution in [0.2, 0.25) is 0 Å². The predicted octanol–water partition coefficient (Wildman–Crippen LogP) is 4.61. The first-order valence-corrected chi connectivity index (χ1v) is 7.70. The smallest absolute Gasteiger partial charge is 0.381 e. The fourth-order valence-corrected chi connectivity index (χ4v) is 3.45. The molecule has 18 heavy (non-hydrogen) atoms. The number of anilines is 1. The number of rotatable bonds is 3. The lowest BCUT2D eigenvalue weighted by Crippen LogP contribution is -2.25. The maximum absolute atomic E-state index is 12.2. The lowest BCUT2D eigenvalue weighted by atomic mass is 10.2. The van der Waals surface area contributed by atoms with Gasteiger partial charge in [-0.3, -0.25) is 0 Å². The normalized spacial score (nSPS) is 20.7. The maximum atomic E-state index is 12.2. The number of hydrogen-bond donors (Lipinski definition) is 1. The van der Waals surface area contributed by atoms with E-state index in [1.165, 1.54) is 24.3 Å². The van der Waals surface area contributed by atoms with Crippen molar-refractivity contribution in [1.82, 2.24) is 0 Å². The Morgan fingerprint density at radius 2 is 1.94 bits per heavy atom. The monoisotopic (exact) mass is 293 g/mol. The van der Waals surface area contributed by atoms with Crippen molar-refractivity contribution < 1.29 is 13.2 Å². The van der Waals surface area contributed by atoms with Crippen LogP contribution in [0.4, 0.5) is 18.9 Å². The highest BCUT2D eigenvalue weighted by atomic mass is 32.2. The zero-order valence-corrected chi connectivity index (χ0v) is 11.3. The third-order valence-electron chi connectivity index (χ3n) is 2.62. The van der Waals surface area contributed by atoms with Crippen LogP contribution in [-0.4, -0.2) is 23.1 Å². The predicted molar refractivity (Wildman–Crippen MR) is 72.3 cm³/mol. The van der Waals surface area contributed by atoms with Crippen molar-refractivity contribution in [3.05, 3.63) is 24.3 Å². The molecule has 1 nitrogen and oxygen atoms in total. The van der Waals surface area contributed by atoms with Crippen LogP contribution in [0.3, 0.4) is 0 Å². The van der Waals surface area contributed by atoms with Gasteiger partial charge in [-0.15, -0.1) is 0 Å². The Morgan fingerprint density at radius 3 is 2.50 bits per heavy atom. The summed E-state index contributed by atoms with van der Waals surface area (Å²) in [7, 11) is 0. The van der Waals surface area contributed by atoms with Crippen LogP contribution >= 0.6 is 23.5 Å². The summed E-state index contributed by atoms with van der Waals surface area (Å²) in [6, 6.07) is 6.89. The van der Waals surface area contributed by atoms with Gasteiger partial charge in [-0.25, -0.2) is 0 Å². The second-order valence-electron chi connectivity index (χ2n) is 4.13. The van der Waals surface area contributed by atoms with E-state index in [1.54, 1.807) is 12.1 Å². The zero-order chi connectivity index (χ0) is 13.0. The van der Waals surface area contributed by atoms with Crippen LogP contribution in [0, 0.1) is 0 Å². The second-order valence-corrected chi connectivity index (χ2v) is 6.42. The highest BCUT2D eigenvalue weighted by Crippen LogP contribution is 2.37. The molecule has 1 saturated heterocycles. The van der Waals surface area contributed by atoms with Crippen LogP contribution in [-0.2, 0) is 0 Å². The van der Waals surface area contributed by atoms with Gasteiger partial charge in [-0.2, -0.15) is 24.9 Å². The minimum atomic E-state index is -4.21. The first kappa shape index (κ1) is 13.9. The van der Waals surface area contributed by atoms with Gasteiger partial charge < -0.3 is 5.32 Å². The molecule has 1 heterocycles. The molecule has 0 spiro atoms. The second kappa shape index (κ2) is 6.10. The third kappa shape index (κ3) is 4.65. The number of hydrogen-bond acceptors (Lipinski definition) is 3. The minimum Gasteiger partial charge on any atom is -0.381 e. The van der Waals surface area contributed by atoms with Crippen LogP contribution in [0.25, 0.3) is 0 Å². The summed E-state index contributed by atoms with van der Waals surface area (Å²) in [5, 5.41) is 3.36. The van der Waals surface area contributed by atoms with E-state index in [-0.39, 0.29) is 16.7 Å². The Labute approximate surface area is 113 Å². The van der Waals surface area contributed by atoms with Gasteiger partial charge in [0.05, 0.1) is 0 Å². The van der Waals surface area contributed by atoms with E-state index < -0.39 is 5.51 Å². The van der Waals surface area contributed by atoms with E-state index >= 15 is 0 Å². The summed E-state index contributed by atoms with van der Waals surface area (Å²) in [4.78, 5) is 0.228. The molecule has 1 aliphatic heterocycles. The van der Waals surface area contributed by atoms with E-state index in [0.29, 0.717) is 6.04 Å². The largest absolute Gasteiger partial charge is 0.446 e. The van der Waals surface area contributed by atoms with Gasteiger partial charge in [-0.1, -0.05) is 0 Å². The molecule has 0 saturated carbocycles. The van der Waals surface area contributed by atoms with E-state index in [2.05, 4.69) is 5.32 Å². The summed E-state index contributed by atoms with van der Waals surface area (Å²) in [5.41, 5.74) is -3.32. The Kier molecular flexibility index (Phi) is 4.72. The molecule has 0 aromatic heterocycles. The summed E-state index contributed by atoms with van der Waals surface area (Å²) >= 11 is 1.84. The van der Waals surface area contributed by atoms with Gasteiger partial charge in [0.15, 0.2) is 0 Å². The highest BCUT2D eigenvalue weighted by molar-refractivity contribution is 8.00. The number of alkyl halides is 3. The van der Waals surface area contributed by atoms with E-state index in [9.17, 15) is 13.2 Å². The van der Waals surface area contributed by atoms with Crippen molar-refractivity contribution >= 4 is 29.2 Å². The van der Waals surface area contributed by atoms with Gasteiger partial charge in [0, 0.05) is 22.4 Å². The van der Waals surface area contributed by atoms with Crippen LogP contribution in [0.1, 0.15) is 12.8 Å². The molecule has 1 aromatic carbocycles. The quantitative estimate of drug-likeness (QED) is 0.818. The van der Waals surface area contributed by atoms with E-state index in [4.69, 9.17) is 0 Å². The Morgan fingerprint density at radius 1 is 1.22 bits per heavy atom. The molecule has 1 fully saturated rings. The van der Waals surface area contributed by atoms with Crippen molar-refractivity contribution in [3.8, 4) is 0 Å². The molecule has 1 aliphatic rings. The molecule has 1 unspecified atom stereocenters. The number of thioether (sulfide) groups is 2. The Balaban J connectivity index is 1.90. The van der Waals surface area contributed by atoms with Gasteiger partial charge in [0.25, 0.3) is 0 Å². The Hall–Kier alpha value is -0.490. The molecule has 0 bridgehead atoms. The Bertz CT molecular complexity index is 372. The van der Waals surface area contributed by atoms with E-state index in [1.807, 2.05) is 11.8 Å². The van der Waals surface area contributed by atoms with Gasteiger partial charge in [0.2, 0.25) is 0 Å². The maximum Gasteiger partial charge on any atom is 0.446 e. The molecule has 0 radical (unpaired) electrons. The number of halogens is 3. The van der Waals surface area contributed by atoms with Gasteiger partial charge in [0.1, 0.15) is 0 Å². The third-order valence-corrected chi connectivity index (χ3v) is 4.57. The average Bonchev–Trinajstić information content (AvgIpc) is 2.31. The van der Waals surface area contributed by atoms with Crippen LogP contribution < -0.4 is 5.32 Å². The van der Waals surface area contributed by atoms with Crippen molar-refractivity contribution in [2.45, 2.75) is 29.3 Å². The fourth-order valence-electron chi connectivity index (χ4n) is 1.84. The average molecular weight is 293 g/mol. The molecular weight excluding hydrogens is 279 g/mol. The molecule has 6 heteroatoms. The van der Waals surface area contributed by atoms with Gasteiger partial charge >= 0.3 is 5.51 Å². The number of nitrogens with one attached hydrogen (secondary N) is 1. The van der Waals surface area contributed by atoms with Crippen molar-refractivity contribution in [2.24, 2.45) is 0 Å². The zero-order valence-electron chi connectivity index (χ0n) is 9.67. The van der Waals surface area contributed by atoms with Crippen LogP contribution in [0.15, 0.2) is 29.2 Å². The first-order chi connectivity index (χ1) is 8.53. The van der Waals surface area contributed by atoms with Crippen molar-refractivity contribution in [2.75, 3.05) is 16.8 Å². The fraction of sp³-hybridized carbons (Fsp3) is 0.500. The summed E-state index contributed by atoms with van der Waals surface area (Å²) in [5.74, 6) is 2.28. The number of benzene rings is 1. The van der Waals surface area contributed by atoms with Crippen molar-refractivity contribution in [1.29, 1.82) is 0 Å². The topological polar surface area (TPSA) is 12.0 Å². The SMILES string of the molecule is FC(F)(F)Sc1ccc(NC2CCCSC2)cc1. The molecule has 2 rings (SSSR count). The lowest BCUT2D eigenvalue weighted by Gasteiger charge is -2.23. The minimum absolute atomic E-state index is 0.0764. The summed E-state index contributed by atoms with van der Waals surface area (Å²) < 4.78 is 36.5. The molecule has 0 amide bonds. The van der Waals surface area contributed by atoms with Crippen molar-refractivity contribution in [3.63, 3.8) is 0 Å². The molecular formula is C12H14F3NS2. The molecule has 0 aliphatic carbocycles. The van der Waals surface area contributed by atoms with E-state index in [0.717, 1.165) is 17.9 Å². The standard InChI is InChI=1S/C12H14F3NS2/c13-12(14,15)18-11-5-3-9(4-6-11)16-10-2-1-7-17-8-10/h3-6,10,16H,1-2,7-8H2. The molecule has 1 atom stereocenters. The van der Waals surface area contributed by atoms with Crippen LogP contribution in [0.5, 0.6) is 0 Å². The van der Waals surface area contributed by atoms with Gasteiger partial charge in [-0.05, 0) is 54.6 Å². The lowest BCUT2D eigenvalue weighted by molar-refractivity contribution is -0.0328. The molecule has 100 valence electrons. The summed E-state index contributed by atoms with van der Waals surface area (Å²) in [6.07, 6.45) is 2.33. The highest BCUT2D eigenvalue weighted by Gasteiger charge is 2.29. The summed E-state index contributed by atoms with van der Waals surface area (Å²) in [6.45, 7) is 0. The first-order valence-electron chi connectivity index (χ1n) is 5.73.